The van der Waals surface area contributed by atoms with Crippen molar-refractivity contribution in [1.29, 1.82) is 0 Å². The highest BCUT2D eigenvalue weighted by Gasteiger charge is 2.48. The Balaban J connectivity index is 1.58. The van der Waals surface area contributed by atoms with Crippen molar-refractivity contribution in [3.63, 3.8) is 0 Å². The normalized spacial score (nSPS) is 28.9. The molecule has 1 aromatic rings. The Morgan fingerprint density at radius 1 is 1.22 bits per heavy atom. The number of benzene rings is 1. The standard InChI is InChI=1S/C15H18ClNO/c1-17(9-10-2-4-14(16)5-3-10)15(18)13-7-11-6-12(11)8-13/h2-5,11-13H,6-9H2,1H3. The van der Waals surface area contributed by atoms with Crippen LogP contribution in [0, 0.1) is 17.8 Å². The van der Waals surface area contributed by atoms with Gasteiger partial charge in [0.05, 0.1) is 0 Å². The lowest BCUT2D eigenvalue weighted by Gasteiger charge is -2.22. The van der Waals surface area contributed by atoms with E-state index in [4.69, 9.17) is 11.6 Å². The first-order valence-electron chi connectivity index (χ1n) is 6.63. The SMILES string of the molecule is CN(Cc1ccc(Cl)cc1)C(=O)C1CC2CC2C1. The van der Waals surface area contributed by atoms with Crippen molar-refractivity contribution in [2.75, 3.05) is 7.05 Å². The summed E-state index contributed by atoms with van der Waals surface area (Å²) >= 11 is 5.85. The molecule has 2 atom stereocenters. The van der Waals surface area contributed by atoms with Crippen molar-refractivity contribution < 1.29 is 4.79 Å². The van der Waals surface area contributed by atoms with Gasteiger partial charge in [-0.1, -0.05) is 23.7 Å². The van der Waals surface area contributed by atoms with Crippen LogP contribution in [0.4, 0.5) is 0 Å². The van der Waals surface area contributed by atoms with Gasteiger partial charge in [0.25, 0.3) is 0 Å². The number of fused-ring (bicyclic) bond motifs is 1. The molecular weight excluding hydrogens is 246 g/mol. The Morgan fingerprint density at radius 3 is 2.44 bits per heavy atom. The third kappa shape index (κ3) is 2.39. The third-order valence-electron chi connectivity index (χ3n) is 4.30. The predicted molar refractivity (Wildman–Crippen MR) is 72.2 cm³/mol. The Bertz CT molecular complexity index is 446. The molecular formula is C15H18ClNO. The second kappa shape index (κ2) is 4.58. The minimum Gasteiger partial charge on any atom is -0.341 e. The largest absolute Gasteiger partial charge is 0.341 e. The minimum atomic E-state index is 0.283. The summed E-state index contributed by atoms with van der Waals surface area (Å²) in [4.78, 5) is 14.1. The summed E-state index contributed by atoms with van der Waals surface area (Å²) in [5.74, 6) is 2.33. The van der Waals surface area contributed by atoms with E-state index in [9.17, 15) is 4.79 Å². The highest BCUT2D eigenvalue weighted by atomic mass is 35.5. The third-order valence-corrected chi connectivity index (χ3v) is 4.55. The van der Waals surface area contributed by atoms with Gasteiger partial charge in [0.15, 0.2) is 0 Å². The fourth-order valence-electron chi connectivity index (χ4n) is 3.17. The number of carbonyl (C=O) groups excluding carboxylic acids is 1. The smallest absolute Gasteiger partial charge is 0.225 e. The molecule has 2 nitrogen and oxygen atoms in total. The predicted octanol–water partition coefficient (Wildman–Crippen LogP) is 3.34. The molecule has 18 heavy (non-hydrogen) atoms. The van der Waals surface area contributed by atoms with Gasteiger partial charge in [-0.05, 0) is 48.8 Å². The van der Waals surface area contributed by atoms with Gasteiger partial charge >= 0.3 is 0 Å². The first kappa shape index (κ1) is 12.0. The maximum absolute atomic E-state index is 12.3. The van der Waals surface area contributed by atoms with Gasteiger partial charge < -0.3 is 4.90 Å². The summed E-state index contributed by atoms with van der Waals surface area (Å²) in [7, 11) is 1.90. The van der Waals surface area contributed by atoms with Crippen molar-refractivity contribution in [1.82, 2.24) is 4.90 Å². The maximum Gasteiger partial charge on any atom is 0.225 e. The van der Waals surface area contributed by atoms with E-state index < -0.39 is 0 Å². The first-order chi connectivity index (χ1) is 8.63. The molecule has 3 rings (SSSR count). The van der Waals surface area contributed by atoms with E-state index in [0.29, 0.717) is 12.5 Å². The summed E-state index contributed by atoms with van der Waals surface area (Å²) in [6.07, 6.45) is 3.60. The van der Waals surface area contributed by atoms with Gasteiger partial charge in [0.1, 0.15) is 0 Å². The van der Waals surface area contributed by atoms with E-state index in [1.165, 1.54) is 6.42 Å². The quantitative estimate of drug-likeness (QED) is 0.819. The van der Waals surface area contributed by atoms with E-state index >= 15 is 0 Å². The van der Waals surface area contributed by atoms with Crippen LogP contribution in [-0.4, -0.2) is 17.9 Å². The van der Waals surface area contributed by atoms with Crippen LogP contribution in [0.2, 0.25) is 5.02 Å². The van der Waals surface area contributed by atoms with Crippen LogP contribution in [-0.2, 0) is 11.3 Å². The average molecular weight is 264 g/mol. The summed E-state index contributed by atoms with van der Waals surface area (Å²) in [5.41, 5.74) is 1.14. The van der Waals surface area contributed by atoms with Crippen molar-refractivity contribution in [3.8, 4) is 0 Å². The van der Waals surface area contributed by atoms with Gasteiger partial charge in [-0.2, -0.15) is 0 Å². The molecule has 2 unspecified atom stereocenters. The average Bonchev–Trinajstić information content (AvgIpc) is 2.98. The molecule has 96 valence electrons. The van der Waals surface area contributed by atoms with Crippen LogP contribution >= 0.6 is 11.6 Å². The second-order valence-corrected chi connectivity index (χ2v) is 6.18. The Hall–Kier alpha value is -1.02. The van der Waals surface area contributed by atoms with Gasteiger partial charge in [-0.15, -0.1) is 0 Å². The lowest BCUT2D eigenvalue weighted by Crippen LogP contribution is -2.31. The highest BCUT2D eigenvalue weighted by molar-refractivity contribution is 6.30. The van der Waals surface area contributed by atoms with Crippen LogP contribution < -0.4 is 0 Å². The van der Waals surface area contributed by atoms with Crippen LogP contribution in [0.1, 0.15) is 24.8 Å². The Morgan fingerprint density at radius 2 is 1.83 bits per heavy atom. The van der Waals surface area contributed by atoms with Crippen LogP contribution in [0.25, 0.3) is 0 Å². The molecule has 0 saturated heterocycles. The van der Waals surface area contributed by atoms with E-state index in [0.717, 1.165) is 35.3 Å². The van der Waals surface area contributed by atoms with E-state index in [1.807, 2.05) is 36.2 Å². The van der Waals surface area contributed by atoms with Crippen molar-refractivity contribution in [2.24, 2.45) is 17.8 Å². The van der Waals surface area contributed by atoms with E-state index in [-0.39, 0.29) is 5.92 Å². The monoisotopic (exact) mass is 263 g/mol. The zero-order valence-corrected chi connectivity index (χ0v) is 11.4. The molecule has 0 N–H and O–H groups in total. The number of carbonyl (C=O) groups is 1. The van der Waals surface area contributed by atoms with Gasteiger partial charge in [0, 0.05) is 24.5 Å². The van der Waals surface area contributed by atoms with Crippen LogP contribution in [0.3, 0.4) is 0 Å². The van der Waals surface area contributed by atoms with Gasteiger partial charge in [0.2, 0.25) is 5.91 Å². The lowest BCUT2D eigenvalue weighted by atomic mass is 10.0. The molecule has 1 aromatic carbocycles. The van der Waals surface area contributed by atoms with Crippen molar-refractivity contribution in [2.45, 2.75) is 25.8 Å². The molecule has 0 radical (unpaired) electrons. The molecule has 0 bridgehead atoms. The Labute approximate surface area is 113 Å². The van der Waals surface area contributed by atoms with Crippen LogP contribution in [0.5, 0.6) is 0 Å². The topological polar surface area (TPSA) is 20.3 Å². The number of hydrogen-bond acceptors (Lipinski definition) is 1. The first-order valence-corrected chi connectivity index (χ1v) is 7.00. The number of nitrogens with zero attached hydrogens (tertiary/aromatic N) is 1. The number of amides is 1. The highest BCUT2D eigenvalue weighted by Crippen LogP contribution is 2.54. The fraction of sp³-hybridized carbons (Fsp3) is 0.533. The molecule has 2 aliphatic rings. The number of halogens is 1. The van der Waals surface area contributed by atoms with Gasteiger partial charge in [-0.25, -0.2) is 0 Å². The number of rotatable bonds is 3. The van der Waals surface area contributed by atoms with E-state index in [1.54, 1.807) is 0 Å². The molecule has 1 amide bonds. The number of hydrogen-bond donors (Lipinski definition) is 0. The molecule has 3 heteroatoms. The molecule has 0 aromatic heterocycles. The summed E-state index contributed by atoms with van der Waals surface area (Å²) in [5, 5.41) is 0.739. The van der Waals surface area contributed by atoms with Gasteiger partial charge in [-0.3, -0.25) is 4.79 Å². The molecule has 0 spiro atoms. The Kier molecular flexibility index (Phi) is 3.06. The molecule has 0 heterocycles. The summed E-state index contributed by atoms with van der Waals surface area (Å²) < 4.78 is 0. The van der Waals surface area contributed by atoms with Crippen molar-refractivity contribution >= 4 is 17.5 Å². The fourth-order valence-corrected chi connectivity index (χ4v) is 3.30. The zero-order valence-electron chi connectivity index (χ0n) is 10.6. The minimum absolute atomic E-state index is 0.283. The molecule has 0 aliphatic heterocycles. The zero-order chi connectivity index (χ0) is 12.7. The van der Waals surface area contributed by atoms with Crippen molar-refractivity contribution in [3.05, 3.63) is 34.9 Å². The van der Waals surface area contributed by atoms with Crippen LogP contribution in [0.15, 0.2) is 24.3 Å². The summed E-state index contributed by atoms with van der Waals surface area (Å²) in [6, 6.07) is 7.72. The lowest BCUT2D eigenvalue weighted by molar-refractivity contribution is -0.134. The molecule has 2 fully saturated rings. The summed E-state index contributed by atoms with van der Waals surface area (Å²) in [6.45, 7) is 0.682. The van der Waals surface area contributed by atoms with E-state index in [2.05, 4.69) is 0 Å². The maximum atomic E-state index is 12.3. The second-order valence-electron chi connectivity index (χ2n) is 5.74. The molecule has 2 saturated carbocycles. The molecule has 2 aliphatic carbocycles.